The Hall–Kier alpha value is -1.02. The maximum absolute atomic E-state index is 13.3. The highest BCUT2D eigenvalue weighted by Gasteiger charge is 2.18. The van der Waals surface area contributed by atoms with E-state index in [1.54, 1.807) is 14.2 Å². The summed E-state index contributed by atoms with van der Waals surface area (Å²) in [7, 11) is -0.389. The molecule has 0 aliphatic carbocycles. The molecule has 20 heavy (non-hydrogen) atoms. The molecule has 0 heterocycles. The summed E-state index contributed by atoms with van der Waals surface area (Å²) in [4.78, 5) is -0.0152. The zero-order valence-corrected chi connectivity index (χ0v) is 12.6. The molecule has 0 radical (unpaired) electrons. The highest BCUT2D eigenvalue weighted by molar-refractivity contribution is 7.89. The van der Waals surface area contributed by atoms with Crippen LogP contribution in [0.15, 0.2) is 23.1 Å². The van der Waals surface area contributed by atoms with Gasteiger partial charge in [-0.2, -0.15) is 0 Å². The van der Waals surface area contributed by atoms with E-state index in [0.717, 1.165) is 12.5 Å². The summed E-state index contributed by atoms with van der Waals surface area (Å²) in [6, 6.07) is 3.78. The van der Waals surface area contributed by atoms with Gasteiger partial charge in [0.05, 0.1) is 4.90 Å². The van der Waals surface area contributed by atoms with E-state index in [1.807, 2.05) is 0 Å². The smallest absolute Gasteiger partial charge is 0.240 e. The van der Waals surface area contributed by atoms with Gasteiger partial charge < -0.3 is 10.1 Å². The second-order valence-electron chi connectivity index (χ2n) is 4.38. The largest absolute Gasteiger partial charge is 0.385 e. The number of methoxy groups -OCH3 is 1. The zero-order valence-electron chi connectivity index (χ0n) is 11.8. The van der Waals surface area contributed by atoms with Crippen LogP contribution in [0.3, 0.4) is 0 Å². The van der Waals surface area contributed by atoms with E-state index in [2.05, 4.69) is 10.0 Å². The first-order valence-corrected chi connectivity index (χ1v) is 7.91. The first-order valence-electron chi connectivity index (χ1n) is 6.43. The molecule has 1 aromatic rings. The summed E-state index contributed by atoms with van der Waals surface area (Å²) in [5, 5.41) is 2.87. The van der Waals surface area contributed by atoms with Crippen LogP contribution in [0.1, 0.15) is 18.4 Å². The Morgan fingerprint density at radius 2 is 2.05 bits per heavy atom. The van der Waals surface area contributed by atoms with Crippen molar-refractivity contribution >= 4 is 10.0 Å². The maximum Gasteiger partial charge on any atom is 0.240 e. The fourth-order valence-electron chi connectivity index (χ4n) is 1.77. The van der Waals surface area contributed by atoms with Crippen LogP contribution in [0.5, 0.6) is 0 Å². The number of ether oxygens (including phenoxy) is 1. The van der Waals surface area contributed by atoms with E-state index in [1.165, 1.54) is 12.1 Å². The van der Waals surface area contributed by atoms with Crippen LogP contribution in [0.4, 0.5) is 4.39 Å². The van der Waals surface area contributed by atoms with Crippen LogP contribution < -0.4 is 10.0 Å². The molecule has 1 rings (SSSR count). The molecule has 5 nitrogen and oxygen atoms in total. The minimum atomic E-state index is -3.69. The molecule has 0 aliphatic heterocycles. The van der Waals surface area contributed by atoms with Gasteiger partial charge in [0, 0.05) is 26.8 Å². The quantitative estimate of drug-likeness (QED) is 0.674. The van der Waals surface area contributed by atoms with Crippen molar-refractivity contribution < 1.29 is 17.5 Å². The Morgan fingerprint density at radius 1 is 1.30 bits per heavy atom. The number of benzene rings is 1. The lowest BCUT2D eigenvalue weighted by atomic mass is 10.2. The summed E-state index contributed by atoms with van der Waals surface area (Å²) in [6.07, 6.45) is 1.44. The molecule has 0 unspecified atom stereocenters. The second-order valence-corrected chi connectivity index (χ2v) is 6.12. The molecule has 0 spiro atoms. The van der Waals surface area contributed by atoms with E-state index in [9.17, 15) is 12.8 Å². The van der Waals surface area contributed by atoms with Crippen LogP contribution in [0.2, 0.25) is 0 Å². The van der Waals surface area contributed by atoms with Gasteiger partial charge in [0.15, 0.2) is 0 Å². The van der Waals surface area contributed by atoms with E-state index in [4.69, 9.17) is 4.74 Å². The maximum atomic E-state index is 13.3. The van der Waals surface area contributed by atoms with Gasteiger partial charge in [-0.1, -0.05) is 6.07 Å². The molecule has 0 fully saturated rings. The number of unbranched alkanes of at least 4 members (excludes halogenated alkanes) is 1. The molecule has 0 saturated carbocycles. The fraction of sp³-hybridized carbons (Fsp3) is 0.538. The third-order valence-corrected chi connectivity index (χ3v) is 4.30. The van der Waals surface area contributed by atoms with Gasteiger partial charge in [-0.25, -0.2) is 17.5 Å². The predicted octanol–water partition coefficient (Wildman–Crippen LogP) is 1.25. The van der Waals surface area contributed by atoms with Crippen molar-refractivity contribution in [1.29, 1.82) is 0 Å². The lowest BCUT2D eigenvalue weighted by Gasteiger charge is -2.11. The van der Waals surface area contributed by atoms with Gasteiger partial charge in [-0.05, 0) is 37.6 Å². The Morgan fingerprint density at radius 3 is 2.70 bits per heavy atom. The summed E-state index contributed by atoms with van der Waals surface area (Å²) < 4.78 is 45.0. The lowest BCUT2D eigenvalue weighted by Crippen LogP contribution is -2.26. The number of rotatable bonds is 9. The summed E-state index contributed by atoms with van der Waals surface area (Å²) in [5.74, 6) is -0.565. The third-order valence-electron chi connectivity index (χ3n) is 2.75. The zero-order chi connectivity index (χ0) is 15.0. The SMILES string of the molecule is CNCc1ccc(F)cc1S(=O)(=O)NCCCCOC. The third kappa shape index (κ3) is 5.16. The monoisotopic (exact) mass is 304 g/mol. The van der Waals surface area contributed by atoms with Crippen LogP contribution >= 0.6 is 0 Å². The fourth-order valence-corrected chi connectivity index (χ4v) is 3.09. The molecule has 1 aromatic carbocycles. The van der Waals surface area contributed by atoms with Gasteiger partial charge in [-0.15, -0.1) is 0 Å². The van der Waals surface area contributed by atoms with Crippen LogP contribution in [0, 0.1) is 5.82 Å². The molecule has 7 heteroatoms. The predicted molar refractivity (Wildman–Crippen MR) is 75.5 cm³/mol. The first-order chi connectivity index (χ1) is 9.51. The molecule has 0 aliphatic rings. The minimum absolute atomic E-state index is 0.0152. The van der Waals surface area contributed by atoms with Crippen LogP contribution in [-0.4, -0.2) is 35.7 Å². The number of nitrogens with one attached hydrogen (secondary N) is 2. The van der Waals surface area contributed by atoms with Gasteiger partial charge in [0.1, 0.15) is 5.82 Å². The molecule has 0 amide bonds. The average molecular weight is 304 g/mol. The molecule has 114 valence electrons. The van der Waals surface area contributed by atoms with Crippen LogP contribution in [0.25, 0.3) is 0 Å². The highest BCUT2D eigenvalue weighted by Crippen LogP contribution is 2.17. The molecule has 2 N–H and O–H groups in total. The van der Waals surface area contributed by atoms with Crippen molar-refractivity contribution in [2.45, 2.75) is 24.3 Å². The van der Waals surface area contributed by atoms with Crippen molar-refractivity contribution in [3.8, 4) is 0 Å². The first kappa shape index (κ1) is 17.0. The van der Waals surface area contributed by atoms with E-state index >= 15 is 0 Å². The highest BCUT2D eigenvalue weighted by atomic mass is 32.2. The number of hydrogen-bond donors (Lipinski definition) is 2. The molecular weight excluding hydrogens is 283 g/mol. The number of hydrogen-bond acceptors (Lipinski definition) is 4. The summed E-state index contributed by atoms with van der Waals surface area (Å²) >= 11 is 0. The summed E-state index contributed by atoms with van der Waals surface area (Å²) in [6.45, 7) is 1.26. The molecule has 0 aromatic heterocycles. The number of halogens is 1. The van der Waals surface area contributed by atoms with Crippen molar-refractivity contribution in [2.24, 2.45) is 0 Å². The standard InChI is InChI=1S/C13H21FN2O3S/c1-15-10-11-5-6-12(14)9-13(11)20(17,18)16-7-3-4-8-19-2/h5-6,9,15-16H,3-4,7-8,10H2,1-2H3. The Balaban J connectivity index is 2.77. The second kappa shape index (κ2) is 8.31. The average Bonchev–Trinajstić information content (AvgIpc) is 2.40. The normalized spacial score (nSPS) is 11.8. The van der Waals surface area contributed by atoms with Gasteiger partial charge >= 0.3 is 0 Å². The van der Waals surface area contributed by atoms with Gasteiger partial charge in [0.2, 0.25) is 10.0 Å². The Bertz CT molecular complexity index is 520. The Labute approximate surface area is 119 Å². The molecule has 0 atom stereocenters. The lowest BCUT2D eigenvalue weighted by molar-refractivity contribution is 0.193. The van der Waals surface area contributed by atoms with Crippen molar-refractivity contribution in [3.05, 3.63) is 29.6 Å². The van der Waals surface area contributed by atoms with Gasteiger partial charge in [0.25, 0.3) is 0 Å². The van der Waals surface area contributed by atoms with Gasteiger partial charge in [-0.3, -0.25) is 0 Å². The van der Waals surface area contributed by atoms with E-state index in [-0.39, 0.29) is 4.90 Å². The van der Waals surface area contributed by atoms with Crippen molar-refractivity contribution in [2.75, 3.05) is 27.3 Å². The van der Waals surface area contributed by atoms with Crippen molar-refractivity contribution in [3.63, 3.8) is 0 Å². The van der Waals surface area contributed by atoms with E-state index < -0.39 is 15.8 Å². The van der Waals surface area contributed by atoms with Crippen LogP contribution in [-0.2, 0) is 21.3 Å². The van der Waals surface area contributed by atoms with E-state index in [0.29, 0.717) is 31.7 Å². The minimum Gasteiger partial charge on any atom is -0.385 e. The molecule has 0 saturated heterocycles. The topological polar surface area (TPSA) is 67.4 Å². The van der Waals surface area contributed by atoms with Crippen molar-refractivity contribution in [1.82, 2.24) is 10.0 Å². The molecule has 0 bridgehead atoms. The molecular formula is C13H21FN2O3S. The Kier molecular flexibility index (Phi) is 7.08. The number of sulfonamides is 1. The summed E-state index contributed by atoms with van der Waals surface area (Å²) in [5.41, 5.74) is 0.540.